The SMILES string of the molecule is Cc1cc(OCC(=O)O)cc(C)c1Oc1ccc2[nH]cc(S(=O)(=O)c3ccc(F)cc3)c2c1. The van der Waals surface area contributed by atoms with Crippen LogP contribution in [0.5, 0.6) is 17.2 Å². The summed E-state index contributed by atoms with van der Waals surface area (Å²) in [6.45, 7) is 3.15. The number of carboxylic acids is 1. The molecule has 2 N–H and O–H groups in total. The maximum atomic E-state index is 13.2. The van der Waals surface area contributed by atoms with Gasteiger partial charge in [0.25, 0.3) is 0 Å². The van der Waals surface area contributed by atoms with Crippen molar-refractivity contribution in [3.63, 3.8) is 0 Å². The monoisotopic (exact) mass is 469 g/mol. The summed E-state index contributed by atoms with van der Waals surface area (Å²) in [5, 5.41) is 9.22. The summed E-state index contributed by atoms with van der Waals surface area (Å²) in [5.74, 6) is -0.211. The molecule has 3 aromatic carbocycles. The van der Waals surface area contributed by atoms with Gasteiger partial charge < -0.3 is 19.6 Å². The van der Waals surface area contributed by atoms with Crippen molar-refractivity contribution in [1.82, 2.24) is 4.98 Å². The molecule has 33 heavy (non-hydrogen) atoms. The van der Waals surface area contributed by atoms with Crippen LogP contribution in [0.1, 0.15) is 11.1 Å². The number of rotatable bonds is 7. The molecule has 0 atom stereocenters. The van der Waals surface area contributed by atoms with Crippen molar-refractivity contribution in [3.05, 3.63) is 77.7 Å². The molecule has 4 rings (SSSR count). The number of hydrogen-bond donors (Lipinski definition) is 2. The van der Waals surface area contributed by atoms with E-state index in [-0.39, 0.29) is 9.79 Å². The van der Waals surface area contributed by atoms with E-state index in [0.717, 1.165) is 23.3 Å². The number of H-pyrrole nitrogens is 1. The number of aromatic amines is 1. The molecule has 0 aliphatic rings. The predicted octanol–water partition coefficient (Wildman–Crippen LogP) is 5.01. The molecule has 1 aromatic heterocycles. The van der Waals surface area contributed by atoms with Gasteiger partial charge in [-0.3, -0.25) is 0 Å². The Balaban J connectivity index is 1.68. The highest BCUT2D eigenvalue weighted by Crippen LogP contribution is 2.35. The van der Waals surface area contributed by atoms with Crippen LogP contribution in [0.25, 0.3) is 10.9 Å². The van der Waals surface area contributed by atoms with Crippen LogP contribution in [0.4, 0.5) is 4.39 Å². The van der Waals surface area contributed by atoms with Crippen molar-refractivity contribution in [2.24, 2.45) is 0 Å². The molecule has 7 nitrogen and oxygen atoms in total. The van der Waals surface area contributed by atoms with Gasteiger partial charge in [0.2, 0.25) is 9.84 Å². The minimum atomic E-state index is -3.88. The maximum absolute atomic E-state index is 13.2. The van der Waals surface area contributed by atoms with Gasteiger partial charge in [-0.15, -0.1) is 0 Å². The lowest BCUT2D eigenvalue weighted by Gasteiger charge is -2.14. The molecule has 9 heteroatoms. The fraction of sp³-hybridized carbons (Fsp3) is 0.125. The summed E-state index contributed by atoms with van der Waals surface area (Å²) in [4.78, 5) is 13.7. The topological polar surface area (TPSA) is 106 Å². The largest absolute Gasteiger partial charge is 0.482 e. The van der Waals surface area contributed by atoms with Gasteiger partial charge in [0.15, 0.2) is 6.61 Å². The molecule has 0 fully saturated rings. The van der Waals surface area contributed by atoms with E-state index in [1.165, 1.54) is 18.3 Å². The highest BCUT2D eigenvalue weighted by molar-refractivity contribution is 7.91. The van der Waals surface area contributed by atoms with Crippen molar-refractivity contribution >= 4 is 26.7 Å². The fourth-order valence-electron chi connectivity index (χ4n) is 3.52. The van der Waals surface area contributed by atoms with Gasteiger partial charge in [-0.1, -0.05) is 0 Å². The van der Waals surface area contributed by atoms with Gasteiger partial charge in [-0.05, 0) is 79.6 Å². The van der Waals surface area contributed by atoms with Gasteiger partial charge >= 0.3 is 5.97 Å². The third-order valence-electron chi connectivity index (χ3n) is 5.04. The quantitative estimate of drug-likeness (QED) is 0.369. The molecule has 0 radical (unpaired) electrons. The second-order valence-corrected chi connectivity index (χ2v) is 9.41. The Hall–Kier alpha value is -3.85. The number of carbonyl (C=O) groups is 1. The highest BCUT2D eigenvalue weighted by Gasteiger charge is 2.22. The number of halogens is 1. The lowest BCUT2D eigenvalue weighted by Crippen LogP contribution is -2.09. The molecule has 0 saturated carbocycles. The zero-order valence-corrected chi connectivity index (χ0v) is 18.6. The molecule has 0 aliphatic carbocycles. The fourth-order valence-corrected chi connectivity index (χ4v) is 4.94. The molecule has 0 aliphatic heterocycles. The Morgan fingerprint density at radius 2 is 1.67 bits per heavy atom. The number of ether oxygens (including phenoxy) is 2. The summed E-state index contributed by atoms with van der Waals surface area (Å²) in [7, 11) is -3.88. The summed E-state index contributed by atoms with van der Waals surface area (Å²) in [5.41, 5.74) is 2.06. The number of carboxylic acid groups (broad SMARTS) is 1. The van der Waals surface area contributed by atoms with E-state index in [1.807, 2.05) is 0 Å². The average Bonchev–Trinajstić information content (AvgIpc) is 3.19. The minimum Gasteiger partial charge on any atom is -0.482 e. The molecule has 0 spiro atoms. The highest BCUT2D eigenvalue weighted by atomic mass is 32.2. The summed E-state index contributed by atoms with van der Waals surface area (Å²) < 4.78 is 50.8. The number of benzene rings is 3. The number of nitrogens with one attached hydrogen (secondary N) is 1. The second-order valence-electron chi connectivity index (χ2n) is 7.49. The van der Waals surface area contributed by atoms with E-state index in [2.05, 4.69) is 4.98 Å². The Bertz CT molecular complexity index is 1440. The van der Waals surface area contributed by atoms with Crippen LogP contribution >= 0.6 is 0 Å². The number of fused-ring (bicyclic) bond motifs is 1. The molecule has 0 unspecified atom stereocenters. The van der Waals surface area contributed by atoms with Gasteiger partial charge in [0.1, 0.15) is 23.1 Å². The Kier molecular flexibility index (Phi) is 5.82. The summed E-state index contributed by atoms with van der Waals surface area (Å²) in [6, 6.07) is 13.0. The van der Waals surface area contributed by atoms with Crippen molar-refractivity contribution in [2.75, 3.05) is 6.61 Å². The van der Waals surface area contributed by atoms with E-state index in [4.69, 9.17) is 14.6 Å². The standard InChI is InChI=1S/C24H20FNO6S/c1-14-9-18(31-13-23(27)28)10-15(2)24(14)32-17-5-8-21-20(11-17)22(12-26-21)33(29,30)19-6-3-16(25)4-7-19/h3-12,26H,13H2,1-2H3,(H,27,28). The third kappa shape index (κ3) is 4.54. The number of aryl methyl sites for hydroxylation is 2. The second kappa shape index (κ2) is 8.59. The Labute approximate surface area is 189 Å². The lowest BCUT2D eigenvalue weighted by atomic mass is 10.1. The molecule has 0 amide bonds. The first-order chi connectivity index (χ1) is 15.6. The molecule has 170 valence electrons. The third-order valence-corrected chi connectivity index (χ3v) is 6.85. The van der Waals surface area contributed by atoms with Crippen molar-refractivity contribution in [2.45, 2.75) is 23.6 Å². The Morgan fingerprint density at radius 1 is 1.00 bits per heavy atom. The van der Waals surface area contributed by atoms with Crippen LogP contribution in [0, 0.1) is 19.7 Å². The normalized spacial score (nSPS) is 11.5. The number of sulfone groups is 1. The molecule has 0 bridgehead atoms. The molecule has 1 heterocycles. The van der Waals surface area contributed by atoms with Crippen molar-refractivity contribution in [3.8, 4) is 17.2 Å². The number of hydrogen-bond acceptors (Lipinski definition) is 5. The smallest absolute Gasteiger partial charge is 0.341 e. The predicted molar refractivity (Wildman–Crippen MR) is 119 cm³/mol. The van der Waals surface area contributed by atoms with Crippen molar-refractivity contribution in [1.29, 1.82) is 0 Å². The van der Waals surface area contributed by atoms with E-state index in [9.17, 15) is 17.6 Å². The summed E-state index contributed by atoms with van der Waals surface area (Å²) >= 11 is 0. The van der Waals surface area contributed by atoms with E-state index in [1.54, 1.807) is 44.2 Å². The summed E-state index contributed by atoms with van der Waals surface area (Å²) in [6.07, 6.45) is 1.40. The minimum absolute atomic E-state index is 0.0141. The zero-order chi connectivity index (χ0) is 23.8. The first kappa shape index (κ1) is 22.3. The number of aromatic nitrogens is 1. The molecule has 4 aromatic rings. The van der Waals surface area contributed by atoms with E-state index in [0.29, 0.717) is 28.2 Å². The van der Waals surface area contributed by atoms with Crippen LogP contribution in [-0.4, -0.2) is 31.1 Å². The lowest BCUT2D eigenvalue weighted by molar-refractivity contribution is -0.139. The maximum Gasteiger partial charge on any atom is 0.341 e. The van der Waals surface area contributed by atoms with Crippen LogP contribution in [0.3, 0.4) is 0 Å². The van der Waals surface area contributed by atoms with Gasteiger partial charge in [-0.25, -0.2) is 17.6 Å². The first-order valence-electron chi connectivity index (χ1n) is 9.90. The number of aliphatic carboxylic acids is 1. The van der Waals surface area contributed by atoms with E-state index >= 15 is 0 Å². The van der Waals surface area contributed by atoms with Crippen LogP contribution in [-0.2, 0) is 14.6 Å². The van der Waals surface area contributed by atoms with Crippen LogP contribution < -0.4 is 9.47 Å². The van der Waals surface area contributed by atoms with E-state index < -0.39 is 28.2 Å². The molecule has 0 saturated heterocycles. The van der Waals surface area contributed by atoms with Crippen molar-refractivity contribution < 1.29 is 32.2 Å². The molecular formula is C24H20FNO6S. The van der Waals surface area contributed by atoms with Crippen LogP contribution in [0.15, 0.2) is 70.6 Å². The van der Waals surface area contributed by atoms with Gasteiger partial charge in [0.05, 0.1) is 9.79 Å². The first-order valence-corrected chi connectivity index (χ1v) is 11.4. The zero-order valence-electron chi connectivity index (χ0n) is 17.8. The average molecular weight is 469 g/mol. The Morgan fingerprint density at radius 3 is 2.30 bits per heavy atom. The van der Waals surface area contributed by atoms with Gasteiger partial charge in [-0.2, -0.15) is 0 Å². The van der Waals surface area contributed by atoms with Gasteiger partial charge in [0, 0.05) is 17.1 Å². The van der Waals surface area contributed by atoms with Crippen LogP contribution in [0.2, 0.25) is 0 Å². The molecular weight excluding hydrogens is 449 g/mol.